The van der Waals surface area contributed by atoms with Crippen LogP contribution in [-0.4, -0.2) is 29.9 Å². The van der Waals surface area contributed by atoms with Gasteiger partial charge in [-0.3, -0.25) is 9.59 Å². The third-order valence-electron chi connectivity index (χ3n) is 5.05. The average molecular weight is 444 g/mol. The standard InChI is InChI=1S/C26H25N3O4/c1-17-3-12-22(23(15-17)32-2)33-25-14-11-21(16-27-25)28-24(30)13-6-18-4-7-19(8-5-18)26(31)29-20-9-10-20/h3-8,11-16,20H,9-10H2,1-2H3,(H,28,30)(H,29,31)/b13-6+. The van der Waals surface area contributed by atoms with Gasteiger partial charge in [0, 0.05) is 23.7 Å². The first-order chi connectivity index (χ1) is 16.0. The molecule has 2 aromatic carbocycles. The van der Waals surface area contributed by atoms with Gasteiger partial charge in [-0.2, -0.15) is 0 Å². The quantitative estimate of drug-likeness (QED) is 0.491. The van der Waals surface area contributed by atoms with Crippen molar-refractivity contribution in [3.63, 3.8) is 0 Å². The summed E-state index contributed by atoms with van der Waals surface area (Å²) < 4.78 is 11.1. The molecule has 0 saturated heterocycles. The van der Waals surface area contributed by atoms with Gasteiger partial charge in [-0.25, -0.2) is 4.98 Å². The number of carbonyl (C=O) groups excluding carboxylic acids is 2. The lowest BCUT2D eigenvalue weighted by molar-refractivity contribution is -0.111. The summed E-state index contributed by atoms with van der Waals surface area (Å²) in [6.07, 6.45) is 6.74. The topological polar surface area (TPSA) is 89.5 Å². The van der Waals surface area contributed by atoms with Crippen LogP contribution in [0.2, 0.25) is 0 Å². The van der Waals surface area contributed by atoms with Crippen molar-refractivity contribution < 1.29 is 19.1 Å². The normalized spacial score (nSPS) is 12.9. The first-order valence-corrected chi connectivity index (χ1v) is 10.7. The highest BCUT2D eigenvalue weighted by molar-refractivity contribution is 6.02. The molecule has 2 amide bonds. The SMILES string of the molecule is COc1cc(C)ccc1Oc1ccc(NC(=O)/C=C/c2ccc(C(=O)NC3CC3)cc2)cn1. The van der Waals surface area contributed by atoms with Crippen molar-refractivity contribution >= 4 is 23.6 Å². The molecular formula is C26H25N3O4. The Morgan fingerprint density at radius 3 is 2.48 bits per heavy atom. The Bertz CT molecular complexity index is 1170. The van der Waals surface area contributed by atoms with Crippen LogP contribution in [0.15, 0.2) is 66.9 Å². The largest absolute Gasteiger partial charge is 0.493 e. The smallest absolute Gasteiger partial charge is 0.251 e. The number of benzene rings is 2. The number of pyridine rings is 1. The van der Waals surface area contributed by atoms with Gasteiger partial charge in [0.25, 0.3) is 5.91 Å². The van der Waals surface area contributed by atoms with E-state index in [9.17, 15) is 9.59 Å². The fourth-order valence-electron chi connectivity index (χ4n) is 3.08. The van der Waals surface area contributed by atoms with Gasteiger partial charge in [-0.15, -0.1) is 0 Å². The molecule has 1 aliphatic carbocycles. The van der Waals surface area contributed by atoms with Crippen LogP contribution in [0.25, 0.3) is 6.08 Å². The predicted molar refractivity (Wildman–Crippen MR) is 127 cm³/mol. The first kappa shape index (κ1) is 22.1. The number of ether oxygens (including phenoxy) is 2. The maximum absolute atomic E-state index is 12.2. The van der Waals surface area contributed by atoms with Crippen molar-refractivity contribution in [2.24, 2.45) is 0 Å². The Balaban J connectivity index is 1.31. The molecule has 1 aromatic heterocycles. The number of nitrogens with one attached hydrogen (secondary N) is 2. The number of hydrogen-bond acceptors (Lipinski definition) is 5. The monoisotopic (exact) mass is 443 g/mol. The lowest BCUT2D eigenvalue weighted by atomic mass is 10.1. The summed E-state index contributed by atoms with van der Waals surface area (Å²) in [7, 11) is 1.58. The van der Waals surface area contributed by atoms with E-state index in [2.05, 4.69) is 15.6 Å². The summed E-state index contributed by atoms with van der Waals surface area (Å²) in [6, 6.07) is 16.4. The van der Waals surface area contributed by atoms with Crippen molar-refractivity contribution in [3.8, 4) is 17.4 Å². The molecule has 1 fully saturated rings. The first-order valence-electron chi connectivity index (χ1n) is 10.7. The molecule has 0 unspecified atom stereocenters. The molecule has 168 valence electrons. The van der Waals surface area contributed by atoms with Crippen LogP contribution in [0.3, 0.4) is 0 Å². The summed E-state index contributed by atoms with van der Waals surface area (Å²) in [6.45, 7) is 1.97. The molecule has 7 nitrogen and oxygen atoms in total. The maximum atomic E-state index is 12.2. The van der Waals surface area contributed by atoms with Crippen LogP contribution in [0.5, 0.6) is 17.4 Å². The Hall–Kier alpha value is -4.13. The summed E-state index contributed by atoms with van der Waals surface area (Å²) in [5.41, 5.74) is 3.04. The van der Waals surface area contributed by atoms with Crippen LogP contribution in [0.4, 0.5) is 5.69 Å². The minimum absolute atomic E-state index is 0.0634. The van der Waals surface area contributed by atoms with Crippen LogP contribution in [0, 0.1) is 6.92 Å². The lowest BCUT2D eigenvalue weighted by Gasteiger charge is -2.10. The molecule has 3 aromatic rings. The van der Waals surface area contributed by atoms with Gasteiger partial charge in [-0.05, 0) is 67.3 Å². The highest BCUT2D eigenvalue weighted by atomic mass is 16.5. The Kier molecular flexibility index (Phi) is 6.69. The molecule has 1 heterocycles. The minimum Gasteiger partial charge on any atom is -0.493 e. The number of aryl methyl sites for hydroxylation is 1. The van der Waals surface area contributed by atoms with E-state index in [-0.39, 0.29) is 11.8 Å². The van der Waals surface area contributed by atoms with E-state index in [4.69, 9.17) is 9.47 Å². The highest BCUT2D eigenvalue weighted by Crippen LogP contribution is 2.31. The van der Waals surface area contributed by atoms with Crippen LogP contribution in [0.1, 0.15) is 34.3 Å². The molecule has 0 aliphatic heterocycles. The van der Waals surface area contributed by atoms with Gasteiger partial charge in [-0.1, -0.05) is 18.2 Å². The van der Waals surface area contributed by atoms with Crippen LogP contribution >= 0.6 is 0 Å². The van der Waals surface area contributed by atoms with Crippen molar-refractivity contribution in [3.05, 3.63) is 83.6 Å². The molecule has 4 rings (SSSR count). The van der Waals surface area contributed by atoms with E-state index in [1.54, 1.807) is 49.6 Å². The van der Waals surface area contributed by atoms with Gasteiger partial charge in [0.2, 0.25) is 11.8 Å². The summed E-state index contributed by atoms with van der Waals surface area (Å²) in [5, 5.41) is 5.71. The molecule has 0 bridgehead atoms. The molecule has 7 heteroatoms. The summed E-state index contributed by atoms with van der Waals surface area (Å²) >= 11 is 0. The third-order valence-corrected chi connectivity index (χ3v) is 5.05. The fourth-order valence-corrected chi connectivity index (χ4v) is 3.08. The van der Waals surface area contributed by atoms with Crippen molar-refractivity contribution in [1.29, 1.82) is 0 Å². The van der Waals surface area contributed by atoms with E-state index in [1.807, 2.05) is 25.1 Å². The zero-order valence-electron chi connectivity index (χ0n) is 18.5. The van der Waals surface area contributed by atoms with E-state index >= 15 is 0 Å². The molecular weight excluding hydrogens is 418 g/mol. The Labute approximate surface area is 192 Å². The molecule has 0 radical (unpaired) electrons. The number of aromatic nitrogens is 1. The van der Waals surface area contributed by atoms with E-state index in [0.29, 0.717) is 34.7 Å². The Morgan fingerprint density at radius 2 is 1.82 bits per heavy atom. The number of nitrogens with zero attached hydrogens (tertiary/aromatic N) is 1. The van der Waals surface area contributed by atoms with Gasteiger partial charge in [0.1, 0.15) is 0 Å². The van der Waals surface area contributed by atoms with Crippen molar-refractivity contribution in [2.45, 2.75) is 25.8 Å². The highest BCUT2D eigenvalue weighted by Gasteiger charge is 2.23. The minimum atomic E-state index is -0.291. The van der Waals surface area contributed by atoms with E-state index in [0.717, 1.165) is 24.0 Å². The molecule has 0 atom stereocenters. The van der Waals surface area contributed by atoms with Crippen LogP contribution in [-0.2, 0) is 4.79 Å². The van der Waals surface area contributed by atoms with Crippen LogP contribution < -0.4 is 20.1 Å². The van der Waals surface area contributed by atoms with E-state index < -0.39 is 0 Å². The summed E-state index contributed by atoms with van der Waals surface area (Å²) in [5.74, 6) is 1.21. The number of methoxy groups -OCH3 is 1. The fraction of sp³-hybridized carbons (Fsp3) is 0.192. The number of amides is 2. The van der Waals surface area contributed by atoms with Gasteiger partial charge in [0.05, 0.1) is 19.0 Å². The number of hydrogen-bond donors (Lipinski definition) is 2. The van der Waals surface area contributed by atoms with Gasteiger partial charge >= 0.3 is 0 Å². The Morgan fingerprint density at radius 1 is 1.03 bits per heavy atom. The average Bonchev–Trinajstić information content (AvgIpc) is 3.64. The second kappa shape index (κ2) is 9.99. The molecule has 1 aliphatic rings. The van der Waals surface area contributed by atoms with Gasteiger partial charge in [0.15, 0.2) is 11.5 Å². The molecule has 0 spiro atoms. The van der Waals surface area contributed by atoms with E-state index in [1.165, 1.54) is 12.3 Å². The molecule has 2 N–H and O–H groups in total. The number of carbonyl (C=O) groups is 2. The predicted octanol–water partition coefficient (Wildman–Crippen LogP) is 4.74. The third kappa shape index (κ3) is 6.20. The number of rotatable bonds is 8. The lowest BCUT2D eigenvalue weighted by Crippen LogP contribution is -2.25. The maximum Gasteiger partial charge on any atom is 0.251 e. The number of anilines is 1. The zero-order chi connectivity index (χ0) is 23.2. The van der Waals surface area contributed by atoms with Crippen molar-refractivity contribution in [2.75, 3.05) is 12.4 Å². The van der Waals surface area contributed by atoms with Gasteiger partial charge < -0.3 is 20.1 Å². The summed E-state index contributed by atoms with van der Waals surface area (Å²) in [4.78, 5) is 28.5. The zero-order valence-corrected chi connectivity index (χ0v) is 18.5. The molecule has 33 heavy (non-hydrogen) atoms. The molecule has 1 saturated carbocycles. The second-order valence-corrected chi connectivity index (χ2v) is 7.83. The second-order valence-electron chi connectivity index (χ2n) is 7.83. The van der Waals surface area contributed by atoms with Crippen molar-refractivity contribution in [1.82, 2.24) is 10.3 Å².